The highest BCUT2D eigenvalue weighted by Crippen LogP contribution is 2.14. The molecule has 0 atom stereocenters. The van der Waals surface area contributed by atoms with Gasteiger partial charge in [0.15, 0.2) is 0 Å². The summed E-state index contributed by atoms with van der Waals surface area (Å²) in [6.45, 7) is 9.71. The fourth-order valence-corrected chi connectivity index (χ4v) is 3.46. The van der Waals surface area contributed by atoms with E-state index >= 15 is 0 Å². The third-order valence-corrected chi connectivity index (χ3v) is 5.09. The quantitative estimate of drug-likeness (QED) is 0.774. The van der Waals surface area contributed by atoms with Crippen molar-refractivity contribution in [1.29, 1.82) is 0 Å². The molecule has 2 fully saturated rings. The van der Waals surface area contributed by atoms with Crippen molar-refractivity contribution in [3.05, 3.63) is 0 Å². The van der Waals surface area contributed by atoms with Gasteiger partial charge in [0.25, 0.3) is 0 Å². The van der Waals surface area contributed by atoms with Crippen LogP contribution >= 0.6 is 0 Å². The largest absolute Gasteiger partial charge is 0.342 e. The van der Waals surface area contributed by atoms with Gasteiger partial charge in [0, 0.05) is 45.2 Å². The van der Waals surface area contributed by atoms with E-state index in [1.165, 1.54) is 6.42 Å². The first kappa shape index (κ1) is 17.3. The molecule has 2 rings (SSSR count). The van der Waals surface area contributed by atoms with Gasteiger partial charge in [-0.2, -0.15) is 0 Å². The molecule has 5 heteroatoms. The molecule has 0 N–H and O–H groups in total. The van der Waals surface area contributed by atoms with E-state index in [2.05, 4.69) is 18.7 Å². The normalized spacial score (nSPS) is 20.5. The summed E-state index contributed by atoms with van der Waals surface area (Å²) < 4.78 is 0. The van der Waals surface area contributed by atoms with E-state index in [1.807, 2.05) is 9.80 Å². The molecule has 0 bridgehead atoms. The highest BCUT2D eigenvalue weighted by molar-refractivity contribution is 5.79. The molecular weight excluding hydrogens is 278 g/mol. The topological polar surface area (TPSA) is 43.9 Å². The molecule has 2 saturated heterocycles. The first-order valence-electron chi connectivity index (χ1n) is 8.94. The summed E-state index contributed by atoms with van der Waals surface area (Å²) in [4.78, 5) is 30.8. The second kappa shape index (κ2) is 8.51. The van der Waals surface area contributed by atoms with Gasteiger partial charge in [0.2, 0.25) is 11.8 Å². The molecule has 0 aromatic carbocycles. The Hall–Kier alpha value is -1.10. The van der Waals surface area contributed by atoms with E-state index in [-0.39, 0.29) is 11.8 Å². The number of rotatable bonds is 5. The van der Waals surface area contributed by atoms with Crippen molar-refractivity contribution < 1.29 is 9.59 Å². The van der Waals surface area contributed by atoms with E-state index in [9.17, 15) is 9.59 Å². The van der Waals surface area contributed by atoms with Crippen molar-refractivity contribution in [2.24, 2.45) is 5.92 Å². The summed E-state index contributed by atoms with van der Waals surface area (Å²) in [6.07, 6.45) is 5.37. The number of carbonyl (C=O) groups is 2. The number of piperazine rings is 1. The molecular formula is C17H31N3O2. The Balaban J connectivity index is 1.74. The van der Waals surface area contributed by atoms with Gasteiger partial charge >= 0.3 is 0 Å². The number of piperidine rings is 1. The van der Waals surface area contributed by atoms with Gasteiger partial charge in [-0.25, -0.2) is 0 Å². The fourth-order valence-electron chi connectivity index (χ4n) is 3.46. The first-order chi connectivity index (χ1) is 10.7. The molecule has 22 heavy (non-hydrogen) atoms. The average molecular weight is 309 g/mol. The van der Waals surface area contributed by atoms with Gasteiger partial charge in [-0.15, -0.1) is 0 Å². The monoisotopic (exact) mass is 309 g/mol. The van der Waals surface area contributed by atoms with Crippen LogP contribution in [0.5, 0.6) is 0 Å². The lowest BCUT2D eigenvalue weighted by atomic mass is 10.0. The summed E-state index contributed by atoms with van der Waals surface area (Å²) in [5.41, 5.74) is 0. The van der Waals surface area contributed by atoms with E-state index in [0.717, 1.165) is 65.0 Å². The van der Waals surface area contributed by atoms with Crippen LogP contribution in [0.15, 0.2) is 0 Å². The summed E-state index contributed by atoms with van der Waals surface area (Å²) in [5, 5.41) is 0. The van der Waals surface area contributed by atoms with Gasteiger partial charge in [0.05, 0.1) is 6.54 Å². The van der Waals surface area contributed by atoms with Crippen LogP contribution in [-0.2, 0) is 9.59 Å². The molecule has 0 unspecified atom stereocenters. The van der Waals surface area contributed by atoms with Crippen LogP contribution in [0, 0.1) is 5.92 Å². The van der Waals surface area contributed by atoms with Crippen LogP contribution in [-0.4, -0.2) is 72.3 Å². The van der Waals surface area contributed by atoms with Crippen molar-refractivity contribution in [3.8, 4) is 0 Å². The second-order valence-corrected chi connectivity index (χ2v) is 6.56. The van der Waals surface area contributed by atoms with Crippen LogP contribution in [0.2, 0.25) is 0 Å². The van der Waals surface area contributed by atoms with Crippen molar-refractivity contribution in [2.45, 2.75) is 46.0 Å². The fraction of sp³-hybridized carbons (Fsp3) is 0.882. The van der Waals surface area contributed by atoms with Gasteiger partial charge < -0.3 is 9.80 Å². The zero-order valence-electron chi connectivity index (χ0n) is 14.2. The number of carbonyl (C=O) groups excluding carboxylic acids is 2. The molecule has 2 aliphatic heterocycles. The first-order valence-corrected chi connectivity index (χ1v) is 8.94. The Morgan fingerprint density at radius 3 is 1.95 bits per heavy atom. The van der Waals surface area contributed by atoms with Crippen molar-refractivity contribution in [3.63, 3.8) is 0 Å². The Bertz CT molecular complexity index is 368. The van der Waals surface area contributed by atoms with E-state index in [1.54, 1.807) is 0 Å². The summed E-state index contributed by atoms with van der Waals surface area (Å²) >= 11 is 0. The number of nitrogens with zero attached hydrogens (tertiary/aromatic N) is 3. The Kier molecular flexibility index (Phi) is 6.68. The third kappa shape index (κ3) is 4.45. The standard InChI is InChI=1S/C17H31N3O2/c1-3-15(4-2)17(22)20-12-10-18(11-13-20)14-16(21)19-8-6-5-7-9-19/h15H,3-14H2,1-2H3. The number of likely N-dealkylation sites (tertiary alicyclic amines) is 1. The van der Waals surface area contributed by atoms with Crippen LogP contribution in [0.1, 0.15) is 46.0 Å². The SMILES string of the molecule is CCC(CC)C(=O)N1CCN(CC(=O)N2CCCCC2)CC1. The molecule has 5 nitrogen and oxygen atoms in total. The Morgan fingerprint density at radius 2 is 1.41 bits per heavy atom. The van der Waals surface area contributed by atoms with Crippen molar-refractivity contribution in [1.82, 2.24) is 14.7 Å². The van der Waals surface area contributed by atoms with Crippen molar-refractivity contribution >= 4 is 11.8 Å². The van der Waals surface area contributed by atoms with Crippen LogP contribution in [0.3, 0.4) is 0 Å². The maximum atomic E-state index is 12.4. The maximum Gasteiger partial charge on any atom is 0.236 e. The minimum Gasteiger partial charge on any atom is -0.342 e. The smallest absolute Gasteiger partial charge is 0.236 e. The maximum absolute atomic E-state index is 12.4. The molecule has 126 valence electrons. The Morgan fingerprint density at radius 1 is 0.818 bits per heavy atom. The molecule has 0 spiro atoms. The van der Waals surface area contributed by atoms with Gasteiger partial charge in [-0.3, -0.25) is 14.5 Å². The zero-order chi connectivity index (χ0) is 15.9. The number of hydrogen-bond acceptors (Lipinski definition) is 3. The van der Waals surface area contributed by atoms with E-state index in [4.69, 9.17) is 0 Å². The summed E-state index contributed by atoms with van der Waals surface area (Å²) in [7, 11) is 0. The number of hydrogen-bond donors (Lipinski definition) is 0. The zero-order valence-corrected chi connectivity index (χ0v) is 14.2. The third-order valence-electron chi connectivity index (χ3n) is 5.09. The van der Waals surface area contributed by atoms with Gasteiger partial charge in [-0.05, 0) is 32.1 Å². The van der Waals surface area contributed by atoms with Crippen LogP contribution < -0.4 is 0 Å². The predicted octanol–water partition coefficient (Wildman–Crippen LogP) is 1.58. The average Bonchev–Trinajstić information content (AvgIpc) is 2.57. The minimum absolute atomic E-state index is 0.168. The highest BCUT2D eigenvalue weighted by atomic mass is 16.2. The lowest BCUT2D eigenvalue weighted by molar-refractivity contribution is -0.138. The Labute approximate surface area is 134 Å². The number of amides is 2. The predicted molar refractivity (Wildman–Crippen MR) is 87.5 cm³/mol. The lowest BCUT2D eigenvalue weighted by Crippen LogP contribution is -2.53. The summed E-state index contributed by atoms with van der Waals surface area (Å²) in [5.74, 6) is 0.730. The second-order valence-electron chi connectivity index (χ2n) is 6.56. The van der Waals surface area contributed by atoms with Gasteiger partial charge in [-0.1, -0.05) is 13.8 Å². The van der Waals surface area contributed by atoms with Crippen LogP contribution in [0.25, 0.3) is 0 Å². The lowest BCUT2D eigenvalue weighted by Gasteiger charge is -2.37. The molecule has 0 aromatic rings. The van der Waals surface area contributed by atoms with E-state index < -0.39 is 0 Å². The highest BCUT2D eigenvalue weighted by Gasteiger charge is 2.27. The van der Waals surface area contributed by atoms with Gasteiger partial charge in [0.1, 0.15) is 0 Å². The van der Waals surface area contributed by atoms with E-state index in [0.29, 0.717) is 12.5 Å². The van der Waals surface area contributed by atoms with Crippen molar-refractivity contribution in [2.75, 3.05) is 45.8 Å². The molecule has 2 aliphatic rings. The van der Waals surface area contributed by atoms with Crippen LogP contribution in [0.4, 0.5) is 0 Å². The molecule has 2 amide bonds. The minimum atomic E-state index is 0.168. The molecule has 0 aliphatic carbocycles. The molecule has 0 radical (unpaired) electrons. The molecule has 0 aromatic heterocycles. The molecule has 2 heterocycles. The molecule has 0 saturated carbocycles. The summed E-state index contributed by atoms with van der Waals surface area (Å²) in [6, 6.07) is 0.